The van der Waals surface area contributed by atoms with E-state index in [0.29, 0.717) is 14.7 Å². The van der Waals surface area contributed by atoms with Crippen LogP contribution >= 0.6 is 67.8 Å². The fourth-order valence-corrected chi connectivity index (χ4v) is 7.51. The van der Waals surface area contributed by atoms with Gasteiger partial charge in [0.05, 0.1) is 16.9 Å². The number of rotatable bonds is 4. The second-order valence-electron chi connectivity index (χ2n) is 6.87. The molecule has 0 heterocycles. The Morgan fingerprint density at radius 1 is 0.657 bits per heavy atom. The SMILES string of the molecule is Fc1cc(F)cc([S+](c2ccccc2)c2cc(F)cc(F)c2)c1.O=C([O-])c1cc(I)cc(I)c1I. The number of hydrogen-bond donors (Lipinski definition) is 0. The Morgan fingerprint density at radius 2 is 1.11 bits per heavy atom. The lowest BCUT2D eigenvalue weighted by molar-refractivity contribution is -0.255. The van der Waals surface area contributed by atoms with Crippen molar-refractivity contribution >= 4 is 84.6 Å². The molecule has 10 heteroatoms. The number of aromatic carboxylic acids is 1. The number of halogens is 7. The molecule has 0 bridgehead atoms. The second kappa shape index (κ2) is 12.7. The number of benzene rings is 4. The Balaban J connectivity index is 0.000000241. The van der Waals surface area contributed by atoms with E-state index in [4.69, 9.17) is 0 Å². The van der Waals surface area contributed by atoms with Crippen molar-refractivity contribution in [3.8, 4) is 0 Å². The zero-order chi connectivity index (χ0) is 25.7. The third kappa shape index (κ3) is 7.79. The minimum absolute atomic E-state index is 0.270. The fraction of sp³-hybridized carbons (Fsp3) is 0. The molecule has 4 aromatic carbocycles. The average Bonchev–Trinajstić information content (AvgIpc) is 2.76. The van der Waals surface area contributed by atoms with E-state index in [1.54, 1.807) is 36.4 Å². The summed E-state index contributed by atoms with van der Waals surface area (Å²) in [5.41, 5.74) is 0.270. The van der Waals surface area contributed by atoms with Gasteiger partial charge >= 0.3 is 0 Å². The molecule has 0 saturated heterocycles. The highest BCUT2D eigenvalue weighted by Gasteiger charge is 2.31. The summed E-state index contributed by atoms with van der Waals surface area (Å²) in [6, 6.07) is 18.6. The molecular weight excluding hydrogens is 821 g/mol. The molecule has 4 rings (SSSR count). The lowest BCUT2D eigenvalue weighted by Gasteiger charge is -2.08. The third-order valence-electron chi connectivity index (χ3n) is 4.34. The first-order valence-corrected chi connectivity index (χ1v) is 14.1. The maximum Gasteiger partial charge on any atom is 0.172 e. The zero-order valence-corrected chi connectivity index (χ0v) is 24.7. The summed E-state index contributed by atoms with van der Waals surface area (Å²) in [4.78, 5) is 12.0. The van der Waals surface area contributed by atoms with E-state index < -0.39 is 40.1 Å². The normalized spacial score (nSPS) is 10.6. The van der Waals surface area contributed by atoms with E-state index >= 15 is 0 Å². The summed E-state index contributed by atoms with van der Waals surface area (Å²) in [6.07, 6.45) is 0. The summed E-state index contributed by atoms with van der Waals surface area (Å²) in [5.74, 6) is -4.04. The van der Waals surface area contributed by atoms with Gasteiger partial charge in [0, 0.05) is 52.7 Å². The van der Waals surface area contributed by atoms with Gasteiger partial charge in [0.15, 0.2) is 14.7 Å². The van der Waals surface area contributed by atoms with Gasteiger partial charge in [0.1, 0.15) is 23.3 Å². The van der Waals surface area contributed by atoms with E-state index in [2.05, 4.69) is 45.2 Å². The average molecular weight is 834 g/mol. The molecule has 0 atom stereocenters. The van der Waals surface area contributed by atoms with Gasteiger partial charge in [-0.25, -0.2) is 17.6 Å². The highest BCUT2D eigenvalue weighted by atomic mass is 127. The first-order chi connectivity index (χ1) is 16.5. The van der Waals surface area contributed by atoms with Crippen LogP contribution in [0.2, 0.25) is 0 Å². The predicted molar refractivity (Wildman–Crippen MR) is 150 cm³/mol. The van der Waals surface area contributed by atoms with Gasteiger partial charge in [0.2, 0.25) is 0 Å². The summed E-state index contributed by atoms with van der Waals surface area (Å²) < 4.78 is 57.0. The molecule has 0 amide bonds. The lowest BCUT2D eigenvalue weighted by atomic mass is 10.2. The molecule has 0 aromatic heterocycles. The van der Waals surface area contributed by atoms with Crippen LogP contribution in [0.15, 0.2) is 93.5 Å². The molecule has 0 aliphatic carbocycles. The summed E-state index contributed by atoms with van der Waals surface area (Å²) in [6.45, 7) is 0. The Hall–Kier alpha value is -1.39. The number of carboxylic acids is 1. The van der Waals surface area contributed by atoms with Gasteiger partial charge in [-0.3, -0.25) is 0 Å². The number of carbonyl (C=O) groups is 1. The van der Waals surface area contributed by atoms with Gasteiger partial charge in [-0.15, -0.1) is 0 Å². The van der Waals surface area contributed by atoms with Gasteiger partial charge < -0.3 is 9.90 Å². The maximum atomic E-state index is 13.6. The molecule has 0 unspecified atom stereocenters. The number of carbonyl (C=O) groups excluding carboxylic acids is 1. The van der Waals surface area contributed by atoms with Gasteiger partial charge in [0.25, 0.3) is 0 Å². The van der Waals surface area contributed by atoms with Crippen LogP contribution < -0.4 is 5.11 Å². The van der Waals surface area contributed by atoms with Crippen LogP contribution in [0.5, 0.6) is 0 Å². The number of carboxylic acid groups (broad SMARTS) is 1. The quantitative estimate of drug-likeness (QED) is 0.0946. The van der Waals surface area contributed by atoms with E-state index in [0.717, 1.165) is 22.8 Å². The van der Waals surface area contributed by atoms with Crippen LogP contribution in [-0.2, 0) is 10.9 Å². The third-order valence-corrected chi connectivity index (χ3v) is 10.2. The van der Waals surface area contributed by atoms with Crippen molar-refractivity contribution in [2.45, 2.75) is 14.7 Å². The van der Waals surface area contributed by atoms with Crippen molar-refractivity contribution in [2.24, 2.45) is 0 Å². The molecule has 0 radical (unpaired) electrons. The maximum absolute atomic E-state index is 13.6. The van der Waals surface area contributed by atoms with Crippen LogP contribution in [0.4, 0.5) is 17.6 Å². The largest absolute Gasteiger partial charge is 0.545 e. The van der Waals surface area contributed by atoms with Crippen molar-refractivity contribution < 1.29 is 27.5 Å². The van der Waals surface area contributed by atoms with E-state index in [9.17, 15) is 27.5 Å². The molecule has 0 saturated carbocycles. The van der Waals surface area contributed by atoms with Crippen LogP contribution in [0.3, 0.4) is 0 Å². The molecule has 0 fully saturated rings. The molecule has 4 aromatic rings. The van der Waals surface area contributed by atoms with Crippen molar-refractivity contribution in [1.29, 1.82) is 0 Å². The molecule has 0 aliphatic rings. The second-order valence-corrected chi connectivity index (χ2v) is 12.4. The predicted octanol–water partition coefficient (Wildman–Crippen LogP) is 7.20. The van der Waals surface area contributed by atoms with Crippen molar-refractivity contribution in [3.63, 3.8) is 0 Å². The Bertz CT molecular complexity index is 1280. The molecule has 35 heavy (non-hydrogen) atoms. The minimum Gasteiger partial charge on any atom is -0.545 e. The van der Waals surface area contributed by atoms with E-state index in [1.807, 2.05) is 28.7 Å². The highest BCUT2D eigenvalue weighted by molar-refractivity contribution is 14.1. The number of hydrogen-bond acceptors (Lipinski definition) is 2. The topological polar surface area (TPSA) is 40.1 Å². The van der Waals surface area contributed by atoms with E-state index in [-0.39, 0.29) is 5.56 Å². The molecule has 180 valence electrons. The monoisotopic (exact) mass is 834 g/mol. The first-order valence-electron chi connectivity index (χ1n) is 9.62. The summed E-state index contributed by atoms with van der Waals surface area (Å²) in [5, 5.41) is 10.6. The zero-order valence-electron chi connectivity index (χ0n) is 17.4. The van der Waals surface area contributed by atoms with Crippen molar-refractivity contribution in [3.05, 3.63) is 118 Å². The standard InChI is InChI=1S/C18H11F4S.C7H3I3O2/c19-12-6-13(20)9-17(8-12)23(16-4-2-1-3-5-16)18-10-14(21)7-15(22)11-18;8-3-1-4(7(11)12)6(10)5(9)2-3/h1-11H;1-2H,(H,11,12)/q+1;/p-1. The molecular formula is C25H13F4I3O2S. The van der Waals surface area contributed by atoms with Crippen molar-refractivity contribution in [2.75, 3.05) is 0 Å². The smallest absolute Gasteiger partial charge is 0.172 e. The molecule has 0 aliphatic heterocycles. The van der Waals surface area contributed by atoms with Gasteiger partial charge in [-0.1, -0.05) is 18.2 Å². The Labute approximate surface area is 242 Å². The van der Waals surface area contributed by atoms with Crippen LogP contribution in [0, 0.1) is 34.0 Å². The minimum atomic E-state index is -1.11. The summed E-state index contributed by atoms with van der Waals surface area (Å²) in [7, 11) is -1.02. The van der Waals surface area contributed by atoms with Crippen molar-refractivity contribution in [1.82, 2.24) is 0 Å². The fourth-order valence-electron chi connectivity index (χ4n) is 2.96. The van der Waals surface area contributed by atoms with Crippen LogP contribution in [0.1, 0.15) is 10.4 Å². The molecule has 0 N–H and O–H groups in total. The lowest BCUT2D eigenvalue weighted by Crippen LogP contribution is -2.23. The molecule has 0 spiro atoms. The molecule has 2 nitrogen and oxygen atoms in total. The van der Waals surface area contributed by atoms with Gasteiger partial charge in [-0.05, 0) is 92.0 Å². The van der Waals surface area contributed by atoms with Crippen LogP contribution in [0.25, 0.3) is 0 Å². The highest BCUT2D eigenvalue weighted by Crippen LogP contribution is 2.32. The van der Waals surface area contributed by atoms with Crippen LogP contribution in [-0.4, -0.2) is 5.97 Å². The Morgan fingerprint density at radius 3 is 1.54 bits per heavy atom. The first kappa shape index (κ1) is 28.2. The van der Waals surface area contributed by atoms with E-state index in [1.165, 1.54) is 24.3 Å². The summed E-state index contributed by atoms with van der Waals surface area (Å²) >= 11 is 6.19. The van der Waals surface area contributed by atoms with Gasteiger partial charge in [-0.2, -0.15) is 0 Å². The Kier molecular flexibility index (Phi) is 10.2.